The number of hydrogen-bond donors (Lipinski definition) is 2. The van der Waals surface area contributed by atoms with E-state index in [9.17, 15) is 5.11 Å². The van der Waals surface area contributed by atoms with Crippen molar-refractivity contribution in [1.82, 2.24) is 10.3 Å². The van der Waals surface area contributed by atoms with E-state index in [-0.39, 0.29) is 5.75 Å². The summed E-state index contributed by atoms with van der Waals surface area (Å²) in [5.74, 6) is 0.282. The first kappa shape index (κ1) is 11.1. The van der Waals surface area contributed by atoms with Gasteiger partial charge >= 0.3 is 0 Å². The SMILES string of the molecule is CNCCc1cnc(-c2cccc(O)c2)s1. The molecular formula is C12H14N2OS. The summed E-state index contributed by atoms with van der Waals surface area (Å²) in [5.41, 5.74) is 0.973. The summed E-state index contributed by atoms with van der Waals surface area (Å²) in [6.45, 7) is 0.960. The molecule has 0 fully saturated rings. The van der Waals surface area contributed by atoms with E-state index in [1.165, 1.54) is 4.88 Å². The summed E-state index contributed by atoms with van der Waals surface area (Å²) >= 11 is 1.67. The molecular weight excluding hydrogens is 220 g/mol. The van der Waals surface area contributed by atoms with Crippen LogP contribution in [0.5, 0.6) is 5.75 Å². The van der Waals surface area contributed by atoms with Gasteiger partial charge in [0, 0.05) is 16.6 Å². The topological polar surface area (TPSA) is 45.2 Å². The molecule has 0 spiro atoms. The van der Waals surface area contributed by atoms with Crippen LogP contribution in [0.3, 0.4) is 0 Å². The molecule has 16 heavy (non-hydrogen) atoms. The van der Waals surface area contributed by atoms with Crippen LogP contribution in [0.4, 0.5) is 0 Å². The van der Waals surface area contributed by atoms with Gasteiger partial charge in [-0.2, -0.15) is 0 Å². The molecule has 0 amide bonds. The third-order valence-corrected chi connectivity index (χ3v) is 3.37. The van der Waals surface area contributed by atoms with Crippen molar-refractivity contribution < 1.29 is 5.11 Å². The highest BCUT2D eigenvalue weighted by Crippen LogP contribution is 2.27. The van der Waals surface area contributed by atoms with Crippen LogP contribution in [-0.2, 0) is 6.42 Å². The fraction of sp³-hybridized carbons (Fsp3) is 0.250. The number of phenolic OH excluding ortho intramolecular Hbond substituents is 1. The van der Waals surface area contributed by atoms with E-state index in [4.69, 9.17) is 0 Å². The summed E-state index contributed by atoms with van der Waals surface area (Å²) in [7, 11) is 1.94. The maximum absolute atomic E-state index is 9.39. The Morgan fingerprint density at radius 3 is 3.06 bits per heavy atom. The molecule has 0 bridgehead atoms. The summed E-state index contributed by atoms with van der Waals surface area (Å²) in [4.78, 5) is 5.62. The summed E-state index contributed by atoms with van der Waals surface area (Å²) in [5, 5.41) is 13.5. The van der Waals surface area contributed by atoms with Gasteiger partial charge in [0.15, 0.2) is 0 Å². The Hall–Kier alpha value is -1.39. The lowest BCUT2D eigenvalue weighted by Gasteiger charge is -1.96. The average molecular weight is 234 g/mol. The van der Waals surface area contributed by atoms with Crippen LogP contribution >= 0.6 is 11.3 Å². The van der Waals surface area contributed by atoms with E-state index in [2.05, 4.69) is 10.3 Å². The van der Waals surface area contributed by atoms with Gasteiger partial charge < -0.3 is 10.4 Å². The van der Waals surface area contributed by atoms with Crippen molar-refractivity contribution >= 4 is 11.3 Å². The fourth-order valence-electron chi connectivity index (χ4n) is 1.44. The monoisotopic (exact) mass is 234 g/mol. The smallest absolute Gasteiger partial charge is 0.123 e. The first-order valence-corrected chi connectivity index (χ1v) is 6.00. The van der Waals surface area contributed by atoms with E-state index < -0.39 is 0 Å². The molecule has 3 nitrogen and oxygen atoms in total. The predicted octanol–water partition coefficient (Wildman–Crippen LogP) is 2.28. The second-order valence-corrected chi connectivity index (χ2v) is 4.65. The quantitative estimate of drug-likeness (QED) is 0.853. The van der Waals surface area contributed by atoms with Gasteiger partial charge in [-0.1, -0.05) is 12.1 Å². The molecule has 0 atom stereocenters. The number of nitrogens with zero attached hydrogens (tertiary/aromatic N) is 1. The van der Waals surface area contributed by atoms with Crippen LogP contribution in [0.2, 0.25) is 0 Å². The Labute approximate surface area is 98.8 Å². The number of phenols is 1. The van der Waals surface area contributed by atoms with E-state index in [1.54, 1.807) is 23.5 Å². The van der Waals surface area contributed by atoms with Gasteiger partial charge in [-0.3, -0.25) is 0 Å². The first-order valence-electron chi connectivity index (χ1n) is 5.18. The van der Waals surface area contributed by atoms with Crippen molar-refractivity contribution in [3.8, 4) is 16.3 Å². The third-order valence-electron chi connectivity index (χ3n) is 2.27. The molecule has 1 aromatic heterocycles. The summed E-state index contributed by atoms with van der Waals surface area (Å²) in [6.07, 6.45) is 2.90. The van der Waals surface area contributed by atoms with E-state index in [0.29, 0.717) is 0 Å². The zero-order chi connectivity index (χ0) is 11.4. The number of benzene rings is 1. The fourth-order valence-corrected chi connectivity index (χ4v) is 2.35. The van der Waals surface area contributed by atoms with Crippen LogP contribution in [0.1, 0.15) is 4.88 Å². The molecule has 4 heteroatoms. The molecule has 84 valence electrons. The molecule has 0 radical (unpaired) electrons. The van der Waals surface area contributed by atoms with E-state index in [0.717, 1.165) is 23.5 Å². The van der Waals surface area contributed by atoms with Gasteiger partial charge in [-0.25, -0.2) is 4.98 Å². The van der Waals surface area contributed by atoms with Crippen LogP contribution in [0, 0.1) is 0 Å². The van der Waals surface area contributed by atoms with Gasteiger partial charge in [0.2, 0.25) is 0 Å². The zero-order valence-corrected chi connectivity index (χ0v) is 9.92. The average Bonchev–Trinajstić information content (AvgIpc) is 2.75. The van der Waals surface area contributed by atoms with Gasteiger partial charge in [0.25, 0.3) is 0 Å². The standard InChI is InChI=1S/C12H14N2OS/c1-13-6-5-11-8-14-12(16-11)9-3-2-4-10(15)7-9/h2-4,7-8,13,15H,5-6H2,1H3. The number of aromatic nitrogens is 1. The lowest BCUT2D eigenvalue weighted by Crippen LogP contribution is -2.09. The van der Waals surface area contributed by atoms with Gasteiger partial charge in [-0.15, -0.1) is 11.3 Å². The molecule has 1 heterocycles. The van der Waals surface area contributed by atoms with Crippen molar-refractivity contribution in [2.45, 2.75) is 6.42 Å². The normalized spacial score (nSPS) is 10.6. The molecule has 0 aliphatic rings. The second kappa shape index (κ2) is 5.09. The lowest BCUT2D eigenvalue weighted by atomic mass is 10.2. The first-order chi connectivity index (χ1) is 7.79. The van der Waals surface area contributed by atoms with Crippen molar-refractivity contribution in [3.63, 3.8) is 0 Å². The van der Waals surface area contributed by atoms with Crippen LogP contribution in [-0.4, -0.2) is 23.7 Å². The Morgan fingerprint density at radius 2 is 2.31 bits per heavy atom. The molecule has 0 saturated heterocycles. The maximum atomic E-state index is 9.39. The largest absolute Gasteiger partial charge is 0.508 e. The van der Waals surface area contributed by atoms with Gasteiger partial charge in [-0.05, 0) is 32.1 Å². The molecule has 1 aromatic carbocycles. The highest BCUT2D eigenvalue weighted by atomic mass is 32.1. The number of aromatic hydroxyl groups is 1. The zero-order valence-electron chi connectivity index (χ0n) is 9.10. The third kappa shape index (κ3) is 2.59. The number of hydrogen-bond acceptors (Lipinski definition) is 4. The molecule has 2 rings (SSSR count). The highest BCUT2D eigenvalue weighted by molar-refractivity contribution is 7.15. The Kier molecular flexibility index (Phi) is 3.54. The number of likely N-dealkylation sites (N-methyl/N-ethyl adjacent to an activating group) is 1. The number of rotatable bonds is 4. The van der Waals surface area contributed by atoms with Crippen molar-refractivity contribution in [2.24, 2.45) is 0 Å². The maximum Gasteiger partial charge on any atom is 0.123 e. The molecule has 0 aliphatic carbocycles. The Balaban J connectivity index is 2.18. The van der Waals surface area contributed by atoms with Crippen molar-refractivity contribution in [1.29, 1.82) is 0 Å². The van der Waals surface area contributed by atoms with Crippen LogP contribution in [0.25, 0.3) is 10.6 Å². The minimum absolute atomic E-state index is 0.282. The van der Waals surface area contributed by atoms with E-state index in [1.807, 2.05) is 25.4 Å². The van der Waals surface area contributed by atoms with Crippen LogP contribution < -0.4 is 5.32 Å². The molecule has 0 saturated carbocycles. The number of thiazole rings is 1. The highest BCUT2D eigenvalue weighted by Gasteiger charge is 2.04. The minimum Gasteiger partial charge on any atom is -0.508 e. The van der Waals surface area contributed by atoms with Gasteiger partial charge in [0.1, 0.15) is 10.8 Å². The number of nitrogens with one attached hydrogen (secondary N) is 1. The summed E-state index contributed by atoms with van der Waals surface area (Å²) in [6, 6.07) is 7.19. The molecule has 0 aliphatic heterocycles. The van der Waals surface area contributed by atoms with Crippen molar-refractivity contribution in [2.75, 3.05) is 13.6 Å². The molecule has 2 aromatic rings. The Bertz CT molecular complexity index is 468. The Morgan fingerprint density at radius 1 is 1.44 bits per heavy atom. The van der Waals surface area contributed by atoms with E-state index >= 15 is 0 Å². The minimum atomic E-state index is 0.282. The predicted molar refractivity (Wildman–Crippen MR) is 66.8 cm³/mol. The van der Waals surface area contributed by atoms with Crippen LogP contribution in [0.15, 0.2) is 30.5 Å². The molecule has 2 N–H and O–H groups in total. The molecule has 0 unspecified atom stereocenters. The van der Waals surface area contributed by atoms with Crippen molar-refractivity contribution in [3.05, 3.63) is 35.3 Å². The lowest BCUT2D eigenvalue weighted by molar-refractivity contribution is 0.475. The summed E-state index contributed by atoms with van der Waals surface area (Å²) < 4.78 is 0. The second-order valence-electron chi connectivity index (χ2n) is 3.54. The van der Waals surface area contributed by atoms with Gasteiger partial charge in [0.05, 0.1) is 0 Å².